The van der Waals surface area contributed by atoms with Crippen LogP contribution in [-0.2, 0) is 12.0 Å². The van der Waals surface area contributed by atoms with Crippen molar-refractivity contribution in [3.8, 4) is 11.5 Å². The molecule has 21 heavy (non-hydrogen) atoms. The van der Waals surface area contributed by atoms with Crippen LogP contribution >= 0.6 is 0 Å². The highest BCUT2D eigenvalue weighted by molar-refractivity contribution is 5.50. The lowest BCUT2D eigenvalue weighted by atomic mass is 9.93. The maximum Gasteiger partial charge on any atom is 0.133 e. The molecule has 2 aromatic rings. The Balaban J connectivity index is 2.03. The molecule has 0 saturated heterocycles. The molecule has 0 aliphatic heterocycles. The Labute approximate surface area is 126 Å². The molecule has 1 atom stereocenters. The highest BCUT2D eigenvalue weighted by atomic mass is 16.5. The van der Waals surface area contributed by atoms with E-state index in [1.165, 1.54) is 0 Å². The minimum atomic E-state index is -0.685. The number of ether oxygens (including phenoxy) is 1. The first kappa shape index (κ1) is 14.2. The molecule has 0 fully saturated rings. The van der Waals surface area contributed by atoms with Crippen molar-refractivity contribution in [2.24, 2.45) is 0 Å². The summed E-state index contributed by atoms with van der Waals surface area (Å²) in [5.41, 5.74) is 3.78. The number of hydrogen-bond acceptors (Lipinski definition) is 2. The Morgan fingerprint density at radius 2 is 1.76 bits per heavy atom. The SMILES string of the molecule is CCC1(O)CCc2c(Oc3c(C)cccc3C)cccc21. The third-order valence-corrected chi connectivity index (χ3v) is 4.63. The van der Waals surface area contributed by atoms with Gasteiger partial charge in [0.25, 0.3) is 0 Å². The zero-order valence-electron chi connectivity index (χ0n) is 12.9. The number of aliphatic hydroxyl groups is 1. The molecule has 110 valence electrons. The van der Waals surface area contributed by atoms with Gasteiger partial charge in [0.1, 0.15) is 11.5 Å². The number of aryl methyl sites for hydroxylation is 2. The van der Waals surface area contributed by atoms with Crippen molar-refractivity contribution in [2.45, 2.75) is 45.6 Å². The summed E-state index contributed by atoms with van der Waals surface area (Å²) >= 11 is 0. The number of fused-ring (bicyclic) bond motifs is 1. The topological polar surface area (TPSA) is 29.5 Å². The second-order valence-corrected chi connectivity index (χ2v) is 5.99. The molecule has 2 aromatic carbocycles. The second-order valence-electron chi connectivity index (χ2n) is 5.99. The van der Waals surface area contributed by atoms with E-state index in [0.717, 1.165) is 53.0 Å². The van der Waals surface area contributed by atoms with E-state index < -0.39 is 5.60 Å². The summed E-state index contributed by atoms with van der Waals surface area (Å²) in [6.07, 6.45) is 2.40. The molecule has 2 nitrogen and oxygen atoms in total. The third kappa shape index (κ3) is 2.34. The van der Waals surface area contributed by atoms with E-state index >= 15 is 0 Å². The van der Waals surface area contributed by atoms with E-state index in [0.29, 0.717) is 0 Å². The van der Waals surface area contributed by atoms with E-state index in [1.807, 2.05) is 31.2 Å². The first-order valence-corrected chi connectivity index (χ1v) is 7.64. The van der Waals surface area contributed by atoms with Gasteiger partial charge in [-0.2, -0.15) is 0 Å². The molecular formula is C19H22O2. The molecule has 1 aliphatic carbocycles. The quantitative estimate of drug-likeness (QED) is 0.888. The Bertz CT molecular complexity index is 655. The Morgan fingerprint density at radius 1 is 1.10 bits per heavy atom. The van der Waals surface area contributed by atoms with Crippen molar-refractivity contribution in [1.82, 2.24) is 0 Å². The van der Waals surface area contributed by atoms with Crippen molar-refractivity contribution in [2.75, 3.05) is 0 Å². The maximum absolute atomic E-state index is 10.7. The predicted octanol–water partition coefficient (Wildman–Crippen LogP) is 4.64. The molecule has 2 heteroatoms. The van der Waals surface area contributed by atoms with Crippen LogP contribution in [0.5, 0.6) is 11.5 Å². The minimum absolute atomic E-state index is 0.685. The van der Waals surface area contributed by atoms with E-state index in [1.54, 1.807) is 0 Å². The average Bonchev–Trinajstić information content (AvgIpc) is 2.82. The number of rotatable bonds is 3. The smallest absolute Gasteiger partial charge is 0.133 e. The first-order chi connectivity index (χ1) is 10.0. The van der Waals surface area contributed by atoms with E-state index in [-0.39, 0.29) is 0 Å². The highest BCUT2D eigenvalue weighted by Gasteiger charge is 2.36. The zero-order chi connectivity index (χ0) is 15.0. The highest BCUT2D eigenvalue weighted by Crippen LogP contribution is 2.44. The van der Waals surface area contributed by atoms with E-state index in [2.05, 4.69) is 26.0 Å². The molecule has 0 amide bonds. The Hall–Kier alpha value is -1.80. The van der Waals surface area contributed by atoms with Crippen molar-refractivity contribution in [3.63, 3.8) is 0 Å². The van der Waals surface area contributed by atoms with Crippen molar-refractivity contribution < 1.29 is 9.84 Å². The van der Waals surface area contributed by atoms with Crippen LogP contribution in [0.1, 0.15) is 42.0 Å². The molecule has 0 saturated carbocycles. The third-order valence-electron chi connectivity index (χ3n) is 4.63. The molecule has 0 aromatic heterocycles. The van der Waals surface area contributed by atoms with Crippen LogP contribution in [0.25, 0.3) is 0 Å². The van der Waals surface area contributed by atoms with Crippen molar-refractivity contribution in [1.29, 1.82) is 0 Å². The van der Waals surface area contributed by atoms with Crippen LogP contribution in [0, 0.1) is 13.8 Å². The molecule has 1 unspecified atom stereocenters. The van der Waals surface area contributed by atoms with Gasteiger partial charge < -0.3 is 9.84 Å². The summed E-state index contributed by atoms with van der Waals surface area (Å²) < 4.78 is 6.21. The fourth-order valence-electron chi connectivity index (χ4n) is 3.26. The van der Waals surface area contributed by atoms with Crippen LogP contribution in [0.15, 0.2) is 36.4 Å². The normalized spacial score (nSPS) is 20.4. The molecule has 1 N–H and O–H groups in total. The van der Waals surface area contributed by atoms with Crippen LogP contribution < -0.4 is 4.74 Å². The van der Waals surface area contributed by atoms with Gasteiger partial charge in [-0.15, -0.1) is 0 Å². The number of benzene rings is 2. The standard InChI is InChI=1S/C19H22O2/c1-4-19(20)12-11-15-16(19)9-6-10-17(15)21-18-13(2)7-5-8-14(18)3/h5-10,20H,4,11-12H2,1-3H3. The summed E-state index contributed by atoms with van der Waals surface area (Å²) in [5, 5.41) is 10.7. The van der Waals surface area contributed by atoms with Crippen LogP contribution in [0.2, 0.25) is 0 Å². The lowest BCUT2D eigenvalue weighted by Crippen LogP contribution is -2.20. The van der Waals surface area contributed by atoms with Gasteiger partial charge >= 0.3 is 0 Å². The lowest BCUT2D eigenvalue weighted by molar-refractivity contribution is 0.0345. The van der Waals surface area contributed by atoms with Crippen LogP contribution in [0.3, 0.4) is 0 Å². The van der Waals surface area contributed by atoms with Gasteiger partial charge in [-0.05, 0) is 55.9 Å². The zero-order valence-corrected chi connectivity index (χ0v) is 12.9. The summed E-state index contributed by atoms with van der Waals surface area (Å²) in [5.74, 6) is 1.81. The van der Waals surface area contributed by atoms with Gasteiger partial charge in [-0.1, -0.05) is 37.3 Å². The van der Waals surface area contributed by atoms with Crippen LogP contribution in [0.4, 0.5) is 0 Å². The lowest BCUT2D eigenvalue weighted by Gasteiger charge is -2.22. The Morgan fingerprint density at radius 3 is 2.43 bits per heavy atom. The summed E-state index contributed by atoms with van der Waals surface area (Å²) in [7, 11) is 0. The van der Waals surface area contributed by atoms with Gasteiger partial charge in [0.2, 0.25) is 0 Å². The number of para-hydroxylation sites is 1. The number of hydrogen-bond donors (Lipinski definition) is 1. The van der Waals surface area contributed by atoms with Gasteiger partial charge in [-0.25, -0.2) is 0 Å². The summed E-state index contributed by atoms with van der Waals surface area (Å²) in [6.45, 7) is 6.16. The average molecular weight is 282 g/mol. The largest absolute Gasteiger partial charge is 0.457 e. The molecule has 3 rings (SSSR count). The van der Waals surface area contributed by atoms with E-state index in [4.69, 9.17) is 4.74 Å². The van der Waals surface area contributed by atoms with Gasteiger partial charge in [0.05, 0.1) is 5.60 Å². The molecule has 1 aliphatic rings. The Kier molecular flexibility index (Phi) is 3.50. The summed E-state index contributed by atoms with van der Waals surface area (Å²) in [4.78, 5) is 0. The van der Waals surface area contributed by atoms with Crippen molar-refractivity contribution in [3.05, 3.63) is 58.7 Å². The van der Waals surface area contributed by atoms with Gasteiger partial charge in [0, 0.05) is 5.56 Å². The second kappa shape index (κ2) is 5.19. The molecule has 0 radical (unpaired) electrons. The molecule has 0 spiro atoms. The maximum atomic E-state index is 10.7. The predicted molar refractivity (Wildman–Crippen MR) is 84.9 cm³/mol. The molecule has 0 bridgehead atoms. The van der Waals surface area contributed by atoms with Gasteiger partial charge in [0.15, 0.2) is 0 Å². The summed E-state index contributed by atoms with van der Waals surface area (Å²) in [6, 6.07) is 12.2. The fraction of sp³-hybridized carbons (Fsp3) is 0.368. The molecular weight excluding hydrogens is 260 g/mol. The molecule has 0 heterocycles. The van der Waals surface area contributed by atoms with Crippen molar-refractivity contribution >= 4 is 0 Å². The van der Waals surface area contributed by atoms with Crippen LogP contribution in [-0.4, -0.2) is 5.11 Å². The van der Waals surface area contributed by atoms with Gasteiger partial charge in [-0.3, -0.25) is 0 Å². The fourth-order valence-corrected chi connectivity index (χ4v) is 3.26. The monoisotopic (exact) mass is 282 g/mol. The van der Waals surface area contributed by atoms with E-state index in [9.17, 15) is 5.11 Å². The minimum Gasteiger partial charge on any atom is -0.457 e. The first-order valence-electron chi connectivity index (χ1n) is 7.64.